The topological polar surface area (TPSA) is 17.1 Å². The minimum absolute atomic E-state index is 0.0220. The summed E-state index contributed by atoms with van der Waals surface area (Å²) in [7, 11) is 0. The summed E-state index contributed by atoms with van der Waals surface area (Å²) in [6, 6.07) is 0. The monoisotopic (exact) mass is 194 g/mol. The first kappa shape index (κ1) is 10.5. The minimum atomic E-state index is -4.36. The van der Waals surface area contributed by atoms with Gasteiger partial charge >= 0.3 is 6.18 Å². The molecule has 0 heterocycles. The van der Waals surface area contributed by atoms with Crippen molar-refractivity contribution >= 4 is 5.78 Å². The Kier molecular flexibility index (Phi) is 2.68. The van der Waals surface area contributed by atoms with E-state index in [1.807, 2.05) is 0 Å². The van der Waals surface area contributed by atoms with Gasteiger partial charge < -0.3 is 0 Å². The lowest BCUT2D eigenvalue weighted by Gasteiger charge is -2.36. The van der Waals surface area contributed by atoms with Crippen LogP contribution < -0.4 is 0 Å². The molecule has 0 N–H and O–H groups in total. The first-order chi connectivity index (χ1) is 5.90. The molecule has 1 aliphatic rings. The minimum Gasteiger partial charge on any atom is -0.299 e. The van der Waals surface area contributed by atoms with Crippen molar-refractivity contribution in [3.63, 3.8) is 0 Å². The fraction of sp³-hybridized carbons (Fsp3) is 0.889. The van der Waals surface area contributed by atoms with E-state index in [1.54, 1.807) is 0 Å². The van der Waals surface area contributed by atoms with Gasteiger partial charge in [0.15, 0.2) is 0 Å². The third kappa shape index (κ3) is 1.71. The average molecular weight is 194 g/mol. The molecule has 13 heavy (non-hydrogen) atoms. The maximum Gasteiger partial charge on any atom is 0.401 e. The molecule has 0 unspecified atom stereocenters. The lowest BCUT2D eigenvalue weighted by Crippen LogP contribution is -2.45. The van der Waals surface area contributed by atoms with Gasteiger partial charge in [0, 0.05) is 0 Å². The Balaban J connectivity index is 2.93. The van der Waals surface area contributed by atoms with E-state index < -0.39 is 17.4 Å². The molecule has 1 rings (SSSR count). The Bertz CT molecular complexity index is 201. The van der Waals surface area contributed by atoms with Crippen LogP contribution >= 0.6 is 0 Å². The Labute approximate surface area is 75.3 Å². The Morgan fingerprint density at radius 3 is 1.85 bits per heavy atom. The molecular formula is C9H13F3O. The molecule has 0 spiro atoms. The van der Waals surface area contributed by atoms with Crippen LogP contribution in [0.1, 0.15) is 39.0 Å². The van der Waals surface area contributed by atoms with Crippen molar-refractivity contribution in [2.24, 2.45) is 5.41 Å². The molecule has 76 valence electrons. The van der Waals surface area contributed by atoms with Gasteiger partial charge in [-0.2, -0.15) is 13.2 Å². The highest BCUT2D eigenvalue weighted by Gasteiger charge is 2.57. The van der Waals surface area contributed by atoms with Crippen molar-refractivity contribution in [3.8, 4) is 0 Å². The van der Waals surface area contributed by atoms with Crippen molar-refractivity contribution < 1.29 is 18.0 Å². The average Bonchev–Trinajstić information content (AvgIpc) is 2.03. The van der Waals surface area contributed by atoms with Gasteiger partial charge in [0.25, 0.3) is 0 Å². The Hall–Kier alpha value is -0.540. The molecule has 0 aromatic carbocycles. The molecule has 0 saturated heterocycles. The van der Waals surface area contributed by atoms with E-state index in [0.717, 1.165) is 13.3 Å². The summed E-state index contributed by atoms with van der Waals surface area (Å²) in [5.41, 5.74) is -2.02. The van der Waals surface area contributed by atoms with Crippen LogP contribution in [0.5, 0.6) is 0 Å². The van der Waals surface area contributed by atoms with E-state index >= 15 is 0 Å². The molecule has 1 fully saturated rings. The van der Waals surface area contributed by atoms with E-state index in [4.69, 9.17) is 0 Å². The van der Waals surface area contributed by atoms with Gasteiger partial charge in [0.05, 0.1) is 0 Å². The standard InChI is InChI=1S/C9H13F3O/c1-7(13)8(9(10,11)12)5-3-2-4-6-8/h2-6H2,1H3. The molecular weight excluding hydrogens is 181 g/mol. The molecule has 0 aromatic heterocycles. The fourth-order valence-corrected chi connectivity index (χ4v) is 1.99. The van der Waals surface area contributed by atoms with Crippen molar-refractivity contribution in [1.82, 2.24) is 0 Å². The summed E-state index contributed by atoms with van der Waals surface area (Å²) in [5.74, 6) is -0.722. The summed E-state index contributed by atoms with van der Waals surface area (Å²) < 4.78 is 37.9. The van der Waals surface area contributed by atoms with Crippen LogP contribution in [-0.4, -0.2) is 12.0 Å². The molecule has 1 nitrogen and oxygen atoms in total. The second-order valence-electron chi connectivity index (χ2n) is 3.70. The third-order valence-corrected chi connectivity index (χ3v) is 2.92. The molecule has 0 radical (unpaired) electrons. The third-order valence-electron chi connectivity index (χ3n) is 2.92. The predicted molar refractivity (Wildman–Crippen MR) is 42.3 cm³/mol. The van der Waals surface area contributed by atoms with Gasteiger partial charge in [-0.05, 0) is 19.8 Å². The number of ketones is 1. The van der Waals surface area contributed by atoms with E-state index in [2.05, 4.69) is 0 Å². The van der Waals surface area contributed by atoms with Crippen LogP contribution in [0.2, 0.25) is 0 Å². The van der Waals surface area contributed by atoms with Gasteiger partial charge in [-0.1, -0.05) is 19.3 Å². The zero-order valence-electron chi connectivity index (χ0n) is 7.58. The number of halogens is 3. The molecule has 1 aliphatic carbocycles. The summed E-state index contributed by atoms with van der Waals surface area (Å²) >= 11 is 0. The number of Topliss-reactive ketones (excluding diaryl/α,β-unsaturated/α-hetero) is 1. The number of alkyl halides is 3. The summed E-state index contributed by atoms with van der Waals surface area (Å²) in [6.45, 7) is 1.05. The highest BCUT2D eigenvalue weighted by atomic mass is 19.4. The van der Waals surface area contributed by atoms with E-state index in [9.17, 15) is 18.0 Å². The maximum atomic E-state index is 12.6. The lowest BCUT2D eigenvalue weighted by molar-refractivity contribution is -0.227. The molecule has 0 bridgehead atoms. The van der Waals surface area contributed by atoms with Gasteiger partial charge in [0.2, 0.25) is 0 Å². The highest BCUT2D eigenvalue weighted by Crippen LogP contribution is 2.49. The van der Waals surface area contributed by atoms with Crippen LogP contribution in [0.15, 0.2) is 0 Å². The molecule has 4 heteroatoms. The highest BCUT2D eigenvalue weighted by molar-refractivity contribution is 5.83. The number of carbonyl (C=O) groups excluding carboxylic acids is 1. The molecule has 0 amide bonds. The smallest absolute Gasteiger partial charge is 0.299 e. The Morgan fingerprint density at radius 2 is 1.62 bits per heavy atom. The van der Waals surface area contributed by atoms with Crippen LogP contribution in [0.3, 0.4) is 0 Å². The van der Waals surface area contributed by atoms with Crippen LogP contribution in [-0.2, 0) is 4.79 Å². The van der Waals surface area contributed by atoms with E-state index in [1.165, 1.54) is 0 Å². The normalized spacial score (nSPS) is 22.8. The van der Waals surface area contributed by atoms with Crippen LogP contribution in [0, 0.1) is 5.41 Å². The van der Waals surface area contributed by atoms with E-state index in [-0.39, 0.29) is 12.8 Å². The first-order valence-corrected chi connectivity index (χ1v) is 4.48. The van der Waals surface area contributed by atoms with Gasteiger partial charge in [-0.15, -0.1) is 0 Å². The summed E-state index contributed by atoms with van der Waals surface area (Å²) in [4.78, 5) is 11.0. The van der Waals surface area contributed by atoms with Gasteiger partial charge in [0.1, 0.15) is 11.2 Å². The number of rotatable bonds is 1. The van der Waals surface area contributed by atoms with E-state index in [0.29, 0.717) is 12.8 Å². The number of hydrogen-bond acceptors (Lipinski definition) is 1. The zero-order chi connectivity index (χ0) is 10.1. The molecule has 0 aliphatic heterocycles. The van der Waals surface area contributed by atoms with Crippen molar-refractivity contribution in [3.05, 3.63) is 0 Å². The molecule has 1 saturated carbocycles. The second kappa shape index (κ2) is 3.31. The summed E-state index contributed by atoms with van der Waals surface area (Å²) in [5, 5.41) is 0. The van der Waals surface area contributed by atoms with Crippen molar-refractivity contribution in [2.75, 3.05) is 0 Å². The van der Waals surface area contributed by atoms with Gasteiger partial charge in [-0.3, -0.25) is 4.79 Å². The first-order valence-electron chi connectivity index (χ1n) is 4.48. The van der Waals surface area contributed by atoms with Crippen molar-refractivity contribution in [2.45, 2.75) is 45.2 Å². The number of carbonyl (C=O) groups is 1. The lowest BCUT2D eigenvalue weighted by atomic mass is 9.71. The zero-order valence-corrected chi connectivity index (χ0v) is 7.58. The maximum absolute atomic E-state index is 12.6. The largest absolute Gasteiger partial charge is 0.401 e. The second-order valence-corrected chi connectivity index (χ2v) is 3.70. The quantitative estimate of drug-likeness (QED) is 0.626. The Morgan fingerprint density at radius 1 is 1.15 bits per heavy atom. The predicted octanol–water partition coefficient (Wildman–Crippen LogP) is 3.09. The van der Waals surface area contributed by atoms with Gasteiger partial charge in [-0.25, -0.2) is 0 Å². The molecule has 0 atom stereocenters. The van der Waals surface area contributed by atoms with Crippen molar-refractivity contribution in [1.29, 1.82) is 0 Å². The van der Waals surface area contributed by atoms with Crippen LogP contribution in [0.25, 0.3) is 0 Å². The SMILES string of the molecule is CC(=O)C1(C(F)(F)F)CCCCC1. The summed E-state index contributed by atoms with van der Waals surface area (Å²) in [6.07, 6.45) is -2.57. The fourth-order valence-electron chi connectivity index (χ4n) is 1.99. The molecule has 0 aromatic rings. The van der Waals surface area contributed by atoms with Crippen LogP contribution in [0.4, 0.5) is 13.2 Å². The number of hydrogen-bond donors (Lipinski definition) is 0.